The van der Waals surface area contributed by atoms with Crippen molar-refractivity contribution in [2.45, 2.75) is 38.8 Å². The Hall–Kier alpha value is -3.10. The number of benzene rings is 1. The van der Waals surface area contributed by atoms with Crippen LogP contribution in [0, 0.1) is 13.8 Å². The minimum absolute atomic E-state index is 0.363. The van der Waals surface area contributed by atoms with Gasteiger partial charge in [0, 0.05) is 49.6 Å². The monoisotopic (exact) mass is 431 g/mol. The van der Waals surface area contributed by atoms with Crippen LogP contribution in [0.25, 0.3) is 22.2 Å². The molecule has 1 saturated heterocycles. The molecule has 0 saturated carbocycles. The number of hydrogen-bond donors (Lipinski definition) is 1. The van der Waals surface area contributed by atoms with Crippen LogP contribution in [0.3, 0.4) is 0 Å². The summed E-state index contributed by atoms with van der Waals surface area (Å²) >= 11 is 0. The number of rotatable bonds is 5. The summed E-state index contributed by atoms with van der Waals surface area (Å²) in [4.78, 5) is 11.9. The second-order valence-corrected chi connectivity index (χ2v) is 8.65. The van der Waals surface area contributed by atoms with Crippen molar-refractivity contribution in [2.75, 3.05) is 20.2 Å². The van der Waals surface area contributed by atoms with Crippen LogP contribution in [-0.2, 0) is 23.9 Å². The van der Waals surface area contributed by atoms with E-state index in [2.05, 4.69) is 52.2 Å². The van der Waals surface area contributed by atoms with Crippen molar-refractivity contribution < 1.29 is 4.74 Å². The Kier molecular flexibility index (Phi) is 5.27. The predicted octanol–water partition coefficient (Wildman–Crippen LogP) is 3.51. The van der Waals surface area contributed by atoms with E-state index in [0.717, 1.165) is 77.5 Å². The topological polar surface area (TPSA) is 84.8 Å². The Balaban J connectivity index is 1.31. The number of hydrogen-bond acceptors (Lipinski definition) is 6. The van der Waals surface area contributed by atoms with E-state index in [1.165, 1.54) is 0 Å². The molecule has 0 unspecified atom stereocenters. The lowest BCUT2D eigenvalue weighted by Gasteiger charge is -2.39. The fourth-order valence-electron chi connectivity index (χ4n) is 4.66. The van der Waals surface area contributed by atoms with Gasteiger partial charge in [0.25, 0.3) is 0 Å². The molecule has 0 amide bonds. The summed E-state index contributed by atoms with van der Waals surface area (Å²) in [5, 5.41) is 13.3. The highest BCUT2D eigenvalue weighted by Gasteiger charge is 2.38. The highest BCUT2D eigenvalue weighted by molar-refractivity contribution is 5.80. The van der Waals surface area contributed by atoms with Gasteiger partial charge < -0.3 is 4.74 Å². The summed E-state index contributed by atoms with van der Waals surface area (Å²) in [6.07, 6.45) is 3.62. The lowest BCUT2D eigenvalue weighted by atomic mass is 9.87. The first-order valence-corrected chi connectivity index (χ1v) is 11.0. The lowest BCUT2D eigenvalue weighted by Crippen LogP contribution is -2.43. The molecule has 0 atom stereocenters. The van der Waals surface area contributed by atoms with Crippen LogP contribution in [0.5, 0.6) is 0 Å². The van der Waals surface area contributed by atoms with E-state index in [1.54, 1.807) is 7.11 Å². The molecule has 4 aromatic rings. The standard InChI is InChI=1S/C24H29N7O/c1-16-18-7-5-6-8-20(18)27-23(26-16)15-31-11-9-24(32-4,10-12-31)22-13-21(28-29-22)19-14-25-30(3)17(19)2/h5-8,13-14H,9-12,15H2,1-4H3,(H,28,29). The third-order valence-electron chi connectivity index (χ3n) is 6.84. The Morgan fingerprint density at radius 1 is 1.12 bits per heavy atom. The molecular formula is C24H29N7O. The van der Waals surface area contributed by atoms with Gasteiger partial charge in [-0.3, -0.25) is 14.7 Å². The number of ether oxygens (including phenoxy) is 1. The summed E-state index contributed by atoms with van der Waals surface area (Å²) in [7, 11) is 3.74. The molecule has 32 heavy (non-hydrogen) atoms. The fraction of sp³-hybridized carbons (Fsp3) is 0.417. The van der Waals surface area contributed by atoms with E-state index in [4.69, 9.17) is 14.7 Å². The zero-order chi connectivity index (χ0) is 22.3. The smallest absolute Gasteiger partial charge is 0.143 e. The number of nitrogens with zero attached hydrogens (tertiary/aromatic N) is 6. The van der Waals surface area contributed by atoms with Crippen LogP contribution in [0.4, 0.5) is 0 Å². The predicted molar refractivity (Wildman–Crippen MR) is 123 cm³/mol. The van der Waals surface area contributed by atoms with Crippen LogP contribution in [0.2, 0.25) is 0 Å². The Labute approximate surface area is 187 Å². The lowest BCUT2D eigenvalue weighted by molar-refractivity contribution is -0.0671. The van der Waals surface area contributed by atoms with Crippen molar-refractivity contribution >= 4 is 10.9 Å². The second-order valence-electron chi connectivity index (χ2n) is 8.65. The van der Waals surface area contributed by atoms with E-state index in [9.17, 15) is 0 Å². The van der Waals surface area contributed by atoms with Gasteiger partial charge in [-0.15, -0.1) is 0 Å². The van der Waals surface area contributed by atoms with Crippen molar-refractivity contribution in [1.82, 2.24) is 34.8 Å². The highest BCUT2D eigenvalue weighted by Crippen LogP contribution is 2.37. The van der Waals surface area contributed by atoms with Gasteiger partial charge in [-0.25, -0.2) is 9.97 Å². The molecule has 0 bridgehead atoms. The van der Waals surface area contributed by atoms with Gasteiger partial charge in [0.2, 0.25) is 0 Å². The Morgan fingerprint density at radius 2 is 1.91 bits per heavy atom. The number of aromatic amines is 1. The van der Waals surface area contributed by atoms with Gasteiger partial charge in [0.05, 0.1) is 29.6 Å². The number of aryl methyl sites for hydroxylation is 2. The number of methoxy groups -OCH3 is 1. The quantitative estimate of drug-likeness (QED) is 0.521. The molecule has 0 radical (unpaired) electrons. The molecule has 8 heteroatoms. The van der Waals surface area contributed by atoms with Crippen LogP contribution >= 0.6 is 0 Å². The SMILES string of the molecule is COC1(c2cc(-c3cnn(C)c3C)n[nH]2)CCN(Cc2nc(C)c3ccccc3n2)CC1. The highest BCUT2D eigenvalue weighted by atomic mass is 16.5. The van der Waals surface area contributed by atoms with E-state index in [-0.39, 0.29) is 5.60 Å². The molecule has 1 fully saturated rings. The molecular weight excluding hydrogens is 402 g/mol. The molecule has 0 aliphatic carbocycles. The maximum atomic E-state index is 6.07. The van der Waals surface area contributed by atoms with Crippen molar-refractivity contribution in [2.24, 2.45) is 7.05 Å². The number of nitrogens with one attached hydrogen (secondary N) is 1. The van der Waals surface area contributed by atoms with Crippen LogP contribution in [-0.4, -0.2) is 55.0 Å². The minimum Gasteiger partial charge on any atom is -0.372 e. The van der Waals surface area contributed by atoms with Gasteiger partial charge in [-0.05, 0) is 38.8 Å². The van der Waals surface area contributed by atoms with Gasteiger partial charge in [-0.1, -0.05) is 18.2 Å². The summed E-state index contributed by atoms with van der Waals surface area (Å²) in [6, 6.07) is 10.3. The number of piperidine rings is 1. The number of likely N-dealkylation sites (tertiary alicyclic amines) is 1. The van der Waals surface area contributed by atoms with E-state index < -0.39 is 0 Å². The first kappa shape index (κ1) is 20.8. The first-order valence-electron chi connectivity index (χ1n) is 11.0. The van der Waals surface area contributed by atoms with Crippen molar-refractivity contribution in [3.63, 3.8) is 0 Å². The van der Waals surface area contributed by atoms with E-state index >= 15 is 0 Å². The van der Waals surface area contributed by atoms with Crippen molar-refractivity contribution in [3.8, 4) is 11.3 Å². The van der Waals surface area contributed by atoms with Crippen LogP contribution in [0.1, 0.15) is 35.7 Å². The second kappa shape index (κ2) is 8.11. The molecule has 1 aliphatic rings. The fourth-order valence-corrected chi connectivity index (χ4v) is 4.66. The minimum atomic E-state index is -0.363. The summed E-state index contributed by atoms with van der Waals surface area (Å²) in [5.74, 6) is 0.877. The van der Waals surface area contributed by atoms with Gasteiger partial charge in [-0.2, -0.15) is 10.2 Å². The third kappa shape index (κ3) is 3.59. The Bertz CT molecular complexity index is 1250. The molecule has 0 spiro atoms. The molecule has 5 rings (SSSR count). The average molecular weight is 432 g/mol. The summed E-state index contributed by atoms with van der Waals surface area (Å²) in [5.41, 5.74) is 5.74. The molecule has 4 heterocycles. The average Bonchev–Trinajstić information content (AvgIpc) is 3.42. The molecule has 8 nitrogen and oxygen atoms in total. The van der Waals surface area contributed by atoms with Gasteiger partial charge in [0.1, 0.15) is 11.4 Å². The van der Waals surface area contributed by atoms with E-state index in [0.29, 0.717) is 0 Å². The molecule has 1 aliphatic heterocycles. The molecule has 1 aromatic carbocycles. The zero-order valence-electron chi connectivity index (χ0n) is 19.1. The van der Waals surface area contributed by atoms with Crippen LogP contribution < -0.4 is 0 Å². The molecule has 166 valence electrons. The normalized spacial score (nSPS) is 16.6. The van der Waals surface area contributed by atoms with Gasteiger partial charge in [0.15, 0.2) is 0 Å². The first-order chi connectivity index (χ1) is 15.5. The maximum absolute atomic E-state index is 6.07. The Morgan fingerprint density at radius 3 is 2.62 bits per heavy atom. The largest absolute Gasteiger partial charge is 0.372 e. The summed E-state index contributed by atoms with van der Waals surface area (Å²) in [6.45, 7) is 6.67. The zero-order valence-corrected chi connectivity index (χ0v) is 19.1. The maximum Gasteiger partial charge on any atom is 0.143 e. The molecule has 3 aromatic heterocycles. The van der Waals surface area contributed by atoms with Crippen molar-refractivity contribution in [3.05, 3.63) is 59.4 Å². The number of aromatic nitrogens is 6. The van der Waals surface area contributed by atoms with Crippen molar-refractivity contribution in [1.29, 1.82) is 0 Å². The number of H-pyrrole nitrogens is 1. The summed E-state index contributed by atoms with van der Waals surface area (Å²) < 4.78 is 7.94. The number of fused-ring (bicyclic) bond motifs is 1. The van der Waals surface area contributed by atoms with Crippen LogP contribution in [0.15, 0.2) is 36.5 Å². The third-order valence-corrected chi connectivity index (χ3v) is 6.84. The number of para-hydroxylation sites is 1. The van der Waals surface area contributed by atoms with E-state index in [1.807, 2.05) is 30.1 Å². The van der Waals surface area contributed by atoms with Gasteiger partial charge >= 0.3 is 0 Å². The molecule has 1 N–H and O–H groups in total.